The van der Waals surface area contributed by atoms with Crippen LogP contribution in [-0.2, 0) is 0 Å². The van der Waals surface area contributed by atoms with Crippen molar-refractivity contribution in [3.8, 4) is 11.5 Å². The van der Waals surface area contributed by atoms with Crippen LogP contribution in [0.4, 0.5) is 10.1 Å². The molecule has 0 spiro atoms. The number of anilines is 1. The van der Waals surface area contributed by atoms with Crippen molar-refractivity contribution >= 4 is 22.9 Å². The number of ether oxygens (including phenoxy) is 2. The highest BCUT2D eigenvalue weighted by Gasteiger charge is 2.22. The lowest BCUT2D eigenvalue weighted by atomic mass is 10.1. The van der Waals surface area contributed by atoms with Gasteiger partial charge in [0, 0.05) is 31.7 Å². The minimum atomic E-state index is -0.179. The zero-order chi connectivity index (χ0) is 19.2. The molecule has 4 nitrogen and oxygen atoms in total. The molecule has 0 amide bonds. The number of halogens is 1. The van der Waals surface area contributed by atoms with Crippen LogP contribution in [0.1, 0.15) is 19.4 Å². The van der Waals surface area contributed by atoms with Crippen LogP contribution in [0.3, 0.4) is 0 Å². The Morgan fingerprint density at radius 1 is 0.963 bits per heavy atom. The van der Waals surface area contributed by atoms with Crippen molar-refractivity contribution < 1.29 is 13.9 Å². The van der Waals surface area contributed by atoms with Crippen LogP contribution < -0.4 is 14.4 Å². The lowest BCUT2D eigenvalue weighted by Crippen LogP contribution is -2.48. The summed E-state index contributed by atoms with van der Waals surface area (Å²) in [5.41, 5.74) is 1.60. The fourth-order valence-electron chi connectivity index (χ4n) is 3.23. The smallest absolute Gasteiger partial charge is 0.161 e. The Hall–Kier alpha value is -2.34. The van der Waals surface area contributed by atoms with Crippen molar-refractivity contribution in [2.75, 3.05) is 44.3 Å². The first-order valence-electron chi connectivity index (χ1n) is 9.32. The molecule has 2 aromatic rings. The molecule has 3 rings (SSSR count). The minimum Gasteiger partial charge on any atom is -0.490 e. The van der Waals surface area contributed by atoms with Gasteiger partial charge in [-0.2, -0.15) is 0 Å². The fraction of sp³-hybridized carbons (Fsp3) is 0.381. The molecule has 27 heavy (non-hydrogen) atoms. The molecule has 1 fully saturated rings. The quantitative estimate of drug-likeness (QED) is 0.693. The summed E-state index contributed by atoms with van der Waals surface area (Å²) in [6.45, 7) is 8.02. The lowest BCUT2D eigenvalue weighted by Gasteiger charge is -2.37. The van der Waals surface area contributed by atoms with E-state index < -0.39 is 0 Å². The topological polar surface area (TPSA) is 24.9 Å². The van der Waals surface area contributed by atoms with E-state index in [0.717, 1.165) is 42.5 Å². The minimum absolute atomic E-state index is 0.179. The zero-order valence-corrected chi connectivity index (χ0v) is 16.6. The summed E-state index contributed by atoms with van der Waals surface area (Å²) in [7, 11) is 0. The largest absolute Gasteiger partial charge is 0.490 e. The van der Waals surface area contributed by atoms with Crippen LogP contribution in [0.5, 0.6) is 11.5 Å². The van der Waals surface area contributed by atoms with Crippen LogP contribution >= 0.6 is 12.2 Å². The van der Waals surface area contributed by atoms with Gasteiger partial charge in [-0.1, -0.05) is 24.4 Å². The predicted octanol–water partition coefficient (Wildman–Crippen LogP) is 4.12. The van der Waals surface area contributed by atoms with Crippen molar-refractivity contribution in [1.29, 1.82) is 0 Å². The summed E-state index contributed by atoms with van der Waals surface area (Å²) in [5, 5.41) is 0. The van der Waals surface area contributed by atoms with Crippen LogP contribution in [-0.4, -0.2) is 49.3 Å². The molecule has 0 N–H and O–H groups in total. The van der Waals surface area contributed by atoms with Gasteiger partial charge in [0.1, 0.15) is 10.8 Å². The highest BCUT2D eigenvalue weighted by molar-refractivity contribution is 7.80. The molecule has 0 bridgehead atoms. The number of nitrogens with zero attached hydrogens (tertiary/aromatic N) is 2. The Bertz CT molecular complexity index is 792. The van der Waals surface area contributed by atoms with Crippen LogP contribution in [0.15, 0.2) is 42.5 Å². The summed E-state index contributed by atoms with van der Waals surface area (Å²) in [6.07, 6.45) is 0. The number of rotatable bonds is 6. The Morgan fingerprint density at radius 3 is 2.30 bits per heavy atom. The number of hydrogen-bond donors (Lipinski definition) is 0. The lowest BCUT2D eigenvalue weighted by molar-refractivity contribution is 0.287. The second-order valence-corrected chi connectivity index (χ2v) is 6.64. The van der Waals surface area contributed by atoms with E-state index in [0.29, 0.717) is 24.7 Å². The normalized spacial score (nSPS) is 14.2. The van der Waals surface area contributed by atoms with Crippen molar-refractivity contribution in [2.24, 2.45) is 0 Å². The van der Waals surface area contributed by atoms with E-state index in [1.165, 1.54) is 6.07 Å². The van der Waals surface area contributed by atoms with Crippen molar-refractivity contribution in [3.05, 3.63) is 53.8 Å². The molecule has 1 saturated heterocycles. The maximum Gasteiger partial charge on any atom is 0.161 e. The first-order valence-corrected chi connectivity index (χ1v) is 9.73. The molecule has 1 aliphatic rings. The molecule has 0 aliphatic carbocycles. The van der Waals surface area contributed by atoms with Crippen LogP contribution in [0.25, 0.3) is 0 Å². The number of piperazine rings is 1. The molecule has 0 unspecified atom stereocenters. The van der Waals surface area contributed by atoms with Gasteiger partial charge in [0.15, 0.2) is 11.5 Å². The Labute approximate surface area is 165 Å². The first kappa shape index (κ1) is 19.4. The zero-order valence-electron chi connectivity index (χ0n) is 15.8. The highest BCUT2D eigenvalue weighted by atomic mass is 32.1. The van der Waals surface area contributed by atoms with Gasteiger partial charge in [-0.15, -0.1) is 0 Å². The molecule has 0 aromatic heterocycles. The average molecular weight is 389 g/mol. The molecule has 2 aromatic carbocycles. The van der Waals surface area contributed by atoms with Crippen LogP contribution in [0, 0.1) is 5.82 Å². The van der Waals surface area contributed by atoms with Gasteiger partial charge in [0.05, 0.1) is 18.9 Å². The highest BCUT2D eigenvalue weighted by Crippen LogP contribution is 2.29. The van der Waals surface area contributed by atoms with E-state index in [4.69, 9.17) is 21.7 Å². The fourth-order valence-corrected chi connectivity index (χ4v) is 3.53. The molecular formula is C21H25FN2O2S. The molecule has 1 heterocycles. The van der Waals surface area contributed by atoms with Crippen LogP contribution in [0.2, 0.25) is 0 Å². The molecule has 144 valence electrons. The summed E-state index contributed by atoms with van der Waals surface area (Å²) in [4.78, 5) is 5.02. The second-order valence-electron chi connectivity index (χ2n) is 6.26. The molecule has 0 radical (unpaired) electrons. The number of benzene rings is 2. The number of hydrogen-bond acceptors (Lipinski definition) is 4. The molecule has 1 aliphatic heterocycles. The molecular weight excluding hydrogens is 363 g/mol. The van der Waals surface area contributed by atoms with Gasteiger partial charge >= 0.3 is 0 Å². The third-order valence-corrected chi connectivity index (χ3v) is 5.04. The summed E-state index contributed by atoms with van der Waals surface area (Å²) in [5.74, 6) is 1.26. The first-order chi connectivity index (χ1) is 13.1. The SMILES string of the molecule is CCOc1ccc(C(=S)N2CCN(c3ccccc3F)CC2)cc1OCC. The number of thiocarbonyl (C=S) groups is 1. The van der Waals surface area contributed by atoms with Gasteiger partial charge in [-0.3, -0.25) is 0 Å². The number of para-hydroxylation sites is 1. The van der Waals surface area contributed by atoms with E-state index in [1.807, 2.05) is 44.2 Å². The molecule has 0 atom stereocenters. The van der Waals surface area contributed by atoms with Gasteiger partial charge in [0.2, 0.25) is 0 Å². The summed E-state index contributed by atoms with van der Waals surface area (Å²) >= 11 is 5.71. The van der Waals surface area contributed by atoms with E-state index in [9.17, 15) is 4.39 Å². The predicted molar refractivity (Wildman–Crippen MR) is 111 cm³/mol. The Morgan fingerprint density at radius 2 is 1.63 bits per heavy atom. The maximum atomic E-state index is 14.0. The second kappa shape index (κ2) is 9.04. The standard InChI is InChI=1S/C21H25FN2O2S/c1-3-25-19-10-9-16(15-20(19)26-4-2)21(27)24-13-11-23(12-14-24)18-8-6-5-7-17(18)22/h5-10,15H,3-4,11-14H2,1-2H3. The van der Waals surface area contributed by atoms with Crippen molar-refractivity contribution in [1.82, 2.24) is 4.90 Å². The Balaban J connectivity index is 1.68. The van der Waals surface area contributed by atoms with Gasteiger partial charge in [-0.05, 0) is 44.2 Å². The van der Waals surface area contributed by atoms with Crippen molar-refractivity contribution in [3.63, 3.8) is 0 Å². The van der Waals surface area contributed by atoms with E-state index in [1.54, 1.807) is 6.07 Å². The van der Waals surface area contributed by atoms with E-state index in [2.05, 4.69) is 9.80 Å². The van der Waals surface area contributed by atoms with E-state index >= 15 is 0 Å². The molecule has 6 heteroatoms. The third-order valence-electron chi connectivity index (χ3n) is 4.55. The molecule has 0 saturated carbocycles. The Kier molecular flexibility index (Phi) is 6.50. The average Bonchev–Trinajstić information content (AvgIpc) is 2.70. The summed E-state index contributed by atoms with van der Waals surface area (Å²) in [6, 6.07) is 12.7. The van der Waals surface area contributed by atoms with E-state index in [-0.39, 0.29) is 5.82 Å². The van der Waals surface area contributed by atoms with Gasteiger partial charge < -0.3 is 19.3 Å². The van der Waals surface area contributed by atoms with Crippen molar-refractivity contribution in [2.45, 2.75) is 13.8 Å². The summed E-state index contributed by atoms with van der Waals surface area (Å²) < 4.78 is 25.3. The van der Waals surface area contributed by atoms with Gasteiger partial charge in [0.25, 0.3) is 0 Å². The monoisotopic (exact) mass is 388 g/mol. The third kappa shape index (κ3) is 4.50. The van der Waals surface area contributed by atoms with Gasteiger partial charge in [-0.25, -0.2) is 4.39 Å². The maximum absolute atomic E-state index is 14.0.